The maximum Gasteiger partial charge on any atom is 0.314 e. The van der Waals surface area contributed by atoms with Crippen LogP contribution in [0.4, 0.5) is 0 Å². The van der Waals surface area contributed by atoms with Crippen molar-refractivity contribution in [1.82, 2.24) is 9.78 Å². The van der Waals surface area contributed by atoms with Crippen LogP contribution in [0.2, 0.25) is 0 Å². The molecule has 0 bridgehead atoms. The summed E-state index contributed by atoms with van der Waals surface area (Å²) >= 11 is 0. The van der Waals surface area contributed by atoms with Crippen molar-refractivity contribution in [1.29, 1.82) is 0 Å². The zero-order chi connectivity index (χ0) is 12.0. The average molecular weight is 224 g/mol. The molecular formula is C12H20N2O2. The van der Waals surface area contributed by atoms with Gasteiger partial charge in [-0.25, -0.2) is 0 Å². The highest BCUT2D eigenvalue weighted by Gasteiger charge is 2.24. The van der Waals surface area contributed by atoms with E-state index >= 15 is 0 Å². The third-order valence-corrected chi connectivity index (χ3v) is 2.55. The number of hydrogen-bond donors (Lipinski definition) is 0. The van der Waals surface area contributed by atoms with Crippen molar-refractivity contribution >= 4 is 5.97 Å². The fraction of sp³-hybridized carbons (Fsp3) is 0.667. The van der Waals surface area contributed by atoms with Crippen LogP contribution in [0, 0.1) is 0 Å². The Morgan fingerprint density at radius 1 is 1.50 bits per heavy atom. The minimum Gasteiger partial charge on any atom is -0.465 e. The summed E-state index contributed by atoms with van der Waals surface area (Å²) in [5, 5.41) is 4.19. The Labute approximate surface area is 96.6 Å². The van der Waals surface area contributed by atoms with Gasteiger partial charge in [0.1, 0.15) is 0 Å². The summed E-state index contributed by atoms with van der Waals surface area (Å²) in [7, 11) is 0. The fourth-order valence-electron chi connectivity index (χ4n) is 1.82. The number of aryl methyl sites for hydroxylation is 1. The van der Waals surface area contributed by atoms with Crippen molar-refractivity contribution in [3.63, 3.8) is 0 Å². The van der Waals surface area contributed by atoms with E-state index in [4.69, 9.17) is 4.74 Å². The Morgan fingerprint density at radius 2 is 2.25 bits per heavy atom. The van der Waals surface area contributed by atoms with E-state index in [9.17, 15) is 4.79 Å². The molecule has 1 unspecified atom stereocenters. The first-order chi connectivity index (χ1) is 7.74. The molecule has 0 aliphatic rings. The lowest BCUT2D eigenvalue weighted by atomic mass is 10.00. The molecule has 0 fully saturated rings. The normalized spacial score (nSPS) is 12.4. The van der Waals surface area contributed by atoms with Gasteiger partial charge in [0, 0.05) is 12.7 Å². The van der Waals surface area contributed by atoms with Crippen molar-refractivity contribution in [3.05, 3.63) is 18.0 Å². The average Bonchev–Trinajstić information content (AvgIpc) is 2.73. The summed E-state index contributed by atoms with van der Waals surface area (Å²) in [4.78, 5) is 11.8. The van der Waals surface area contributed by atoms with Crippen molar-refractivity contribution in [2.24, 2.45) is 0 Å². The first-order valence-corrected chi connectivity index (χ1v) is 5.92. The van der Waals surface area contributed by atoms with Gasteiger partial charge in [-0.15, -0.1) is 0 Å². The van der Waals surface area contributed by atoms with Crippen molar-refractivity contribution < 1.29 is 9.53 Å². The molecule has 1 heterocycles. The second kappa shape index (κ2) is 6.30. The molecule has 0 spiro atoms. The Hall–Kier alpha value is -1.32. The Bertz CT molecular complexity index is 334. The van der Waals surface area contributed by atoms with Gasteiger partial charge in [0.25, 0.3) is 0 Å². The van der Waals surface area contributed by atoms with E-state index in [2.05, 4.69) is 12.0 Å². The summed E-state index contributed by atoms with van der Waals surface area (Å²) in [5.41, 5.74) is 0.961. The van der Waals surface area contributed by atoms with Gasteiger partial charge >= 0.3 is 5.97 Å². The molecule has 0 N–H and O–H groups in total. The van der Waals surface area contributed by atoms with E-state index < -0.39 is 0 Å². The van der Waals surface area contributed by atoms with Crippen LogP contribution in [0.25, 0.3) is 0 Å². The third-order valence-electron chi connectivity index (χ3n) is 2.55. The van der Waals surface area contributed by atoms with E-state index in [-0.39, 0.29) is 11.9 Å². The Morgan fingerprint density at radius 3 is 2.81 bits per heavy atom. The van der Waals surface area contributed by atoms with Crippen molar-refractivity contribution in [2.75, 3.05) is 6.61 Å². The first kappa shape index (κ1) is 12.7. The molecule has 4 nitrogen and oxygen atoms in total. The zero-order valence-corrected chi connectivity index (χ0v) is 10.3. The number of carbonyl (C=O) groups is 1. The highest BCUT2D eigenvalue weighted by Crippen LogP contribution is 2.22. The van der Waals surface area contributed by atoms with Gasteiger partial charge in [-0.3, -0.25) is 9.48 Å². The molecule has 0 amide bonds. The van der Waals surface area contributed by atoms with Crippen LogP contribution in [-0.4, -0.2) is 22.4 Å². The Kier molecular flexibility index (Phi) is 5.02. The fourth-order valence-corrected chi connectivity index (χ4v) is 1.82. The summed E-state index contributed by atoms with van der Waals surface area (Å²) in [6.45, 7) is 7.13. The molecule has 16 heavy (non-hydrogen) atoms. The molecule has 0 saturated carbocycles. The minimum absolute atomic E-state index is 0.139. The standard InChI is InChI=1S/C12H20N2O2/c1-4-7-10(12(15)16-6-3)11-8-9-13-14(11)5-2/h8-10H,4-7H2,1-3H3. The number of hydrogen-bond acceptors (Lipinski definition) is 3. The molecule has 0 aliphatic heterocycles. The molecule has 0 saturated heterocycles. The molecule has 4 heteroatoms. The monoisotopic (exact) mass is 224 g/mol. The van der Waals surface area contributed by atoms with Crippen LogP contribution < -0.4 is 0 Å². The van der Waals surface area contributed by atoms with Crippen LogP contribution in [0.5, 0.6) is 0 Å². The van der Waals surface area contributed by atoms with Gasteiger partial charge in [-0.05, 0) is 26.3 Å². The van der Waals surface area contributed by atoms with Crippen LogP contribution in [0.3, 0.4) is 0 Å². The molecule has 90 valence electrons. The van der Waals surface area contributed by atoms with Gasteiger partial charge in [-0.1, -0.05) is 13.3 Å². The van der Waals surface area contributed by atoms with Crippen molar-refractivity contribution in [2.45, 2.75) is 46.1 Å². The molecule has 1 atom stereocenters. The summed E-state index contributed by atoms with van der Waals surface area (Å²) < 4.78 is 6.96. The molecule has 0 radical (unpaired) electrons. The number of aromatic nitrogens is 2. The maximum absolute atomic E-state index is 11.8. The summed E-state index contributed by atoms with van der Waals surface area (Å²) in [6.07, 6.45) is 3.50. The topological polar surface area (TPSA) is 44.1 Å². The summed E-state index contributed by atoms with van der Waals surface area (Å²) in [5.74, 6) is -0.313. The van der Waals surface area contributed by atoms with Crippen LogP contribution >= 0.6 is 0 Å². The lowest BCUT2D eigenvalue weighted by Gasteiger charge is -2.15. The van der Waals surface area contributed by atoms with Crippen LogP contribution in [0.15, 0.2) is 12.3 Å². The predicted octanol–water partition coefficient (Wildman–Crippen LogP) is 2.35. The number of carbonyl (C=O) groups excluding carboxylic acids is 1. The SMILES string of the molecule is CCCC(C(=O)OCC)c1ccnn1CC. The molecule has 1 rings (SSSR count). The van der Waals surface area contributed by atoms with Gasteiger partial charge in [0.2, 0.25) is 0 Å². The van der Waals surface area contributed by atoms with Gasteiger partial charge in [0.15, 0.2) is 0 Å². The van der Waals surface area contributed by atoms with E-state index in [0.717, 1.165) is 25.1 Å². The molecule has 1 aromatic heterocycles. The van der Waals surface area contributed by atoms with E-state index in [0.29, 0.717) is 6.61 Å². The molecular weight excluding hydrogens is 204 g/mol. The van der Waals surface area contributed by atoms with Crippen LogP contribution in [-0.2, 0) is 16.1 Å². The predicted molar refractivity (Wildman–Crippen MR) is 62.2 cm³/mol. The lowest BCUT2D eigenvalue weighted by molar-refractivity contribution is -0.145. The van der Waals surface area contributed by atoms with E-state index in [1.165, 1.54) is 0 Å². The highest BCUT2D eigenvalue weighted by molar-refractivity contribution is 5.77. The maximum atomic E-state index is 11.8. The third kappa shape index (κ3) is 2.84. The Balaban J connectivity index is 2.88. The summed E-state index contributed by atoms with van der Waals surface area (Å²) in [6, 6.07) is 1.90. The number of esters is 1. The molecule has 0 aromatic carbocycles. The number of nitrogens with zero attached hydrogens (tertiary/aromatic N) is 2. The molecule has 0 aliphatic carbocycles. The first-order valence-electron chi connectivity index (χ1n) is 5.92. The number of rotatable bonds is 6. The number of ether oxygens (including phenoxy) is 1. The highest BCUT2D eigenvalue weighted by atomic mass is 16.5. The quantitative estimate of drug-likeness (QED) is 0.697. The van der Waals surface area contributed by atoms with Gasteiger partial charge in [0.05, 0.1) is 18.2 Å². The van der Waals surface area contributed by atoms with Gasteiger partial charge < -0.3 is 4.74 Å². The molecule has 1 aromatic rings. The van der Waals surface area contributed by atoms with Gasteiger partial charge in [-0.2, -0.15) is 5.10 Å². The second-order valence-electron chi connectivity index (χ2n) is 3.67. The van der Waals surface area contributed by atoms with Crippen LogP contribution in [0.1, 0.15) is 45.2 Å². The second-order valence-corrected chi connectivity index (χ2v) is 3.67. The lowest BCUT2D eigenvalue weighted by Crippen LogP contribution is -2.19. The minimum atomic E-state index is -0.174. The smallest absolute Gasteiger partial charge is 0.314 e. The van der Waals surface area contributed by atoms with E-state index in [1.54, 1.807) is 6.20 Å². The largest absolute Gasteiger partial charge is 0.465 e. The van der Waals surface area contributed by atoms with Crippen molar-refractivity contribution in [3.8, 4) is 0 Å². The van der Waals surface area contributed by atoms with E-state index in [1.807, 2.05) is 24.6 Å². The zero-order valence-electron chi connectivity index (χ0n) is 10.3.